The second-order valence-electron chi connectivity index (χ2n) is 6.33. The first-order valence-corrected chi connectivity index (χ1v) is 8.70. The quantitative estimate of drug-likeness (QED) is 0.743. The van der Waals surface area contributed by atoms with E-state index in [-0.39, 0.29) is 6.10 Å². The standard InChI is InChI=1S/C18H19Cl2NO/c19-12-9-14-17(15(20)10-12)21-16(11-5-2-1-3-6-11)13-7-4-8-22-18(13)14/h1-3,5,9-11,13,16,18,21H,4,6-8H2/t11?,13-,16-,18-/m0/s1. The summed E-state index contributed by atoms with van der Waals surface area (Å²) in [4.78, 5) is 0. The van der Waals surface area contributed by atoms with Crippen LogP contribution in [0.5, 0.6) is 0 Å². The molecule has 116 valence electrons. The summed E-state index contributed by atoms with van der Waals surface area (Å²) in [6.07, 6.45) is 12.3. The van der Waals surface area contributed by atoms with Gasteiger partial charge in [-0.1, -0.05) is 47.5 Å². The van der Waals surface area contributed by atoms with E-state index in [9.17, 15) is 0 Å². The fourth-order valence-electron chi connectivity index (χ4n) is 4.03. The number of benzene rings is 1. The molecule has 1 fully saturated rings. The Morgan fingerprint density at radius 2 is 2.09 bits per heavy atom. The van der Waals surface area contributed by atoms with Crippen LogP contribution in [0.15, 0.2) is 36.4 Å². The van der Waals surface area contributed by atoms with Gasteiger partial charge in [0.1, 0.15) is 0 Å². The van der Waals surface area contributed by atoms with Crippen LogP contribution >= 0.6 is 23.2 Å². The molecule has 1 saturated heterocycles. The monoisotopic (exact) mass is 335 g/mol. The van der Waals surface area contributed by atoms with Gasteiger partial charge in [-0.25, -0.2) is 0 Å². The number of rotatable bonds is 1. The van der Waals surface area contributed by atoms with Gasteiger partial charge in [0.05, 0.1) is 16.8 Å². The zero-order valence-corrected chi connectivity index (χ0v) is 13.8. The first kappa shape index (κ1) is 14.6. The minimum absolute atomic E-state index is 0.102. The average molecular weight is 336 g/mol. The van der Waals surface area contributed by atoms with Gasteiger partial charge in [-0.15, -0.1) is 0 Å². The maximum absolute atomic E-state index is 6.45. The molecule has 0 saturated carbocycles. The molecule has 0 bridgehead atoms. The zero-order valence-electron chi connectivity index (χ0n) is 12.3. The Balaban J connectivity index is 1.76. The van der Waals surface area contributed by atoms with Crippen LogP contribution in [0.1, 0.15) is 30.9 Å². The summed E-state index contributed by atoms with van der Waals surface area (Å²) in [5.74, 6) is 0.955. The van der Waals surface area contributed by atoms with E-state index in [0.717, 1.165) is 30.7 Å². The van der Waals surface area contributed by atoms with Crippen LogP contribution in [0.25, 0.3) is 0 Å². The molecule has 4 rings (SSSR count). The highest BCUT2D eigenvalue weighted by Gasteiger charge is 2.42. The van der Waals surface area contributed by atoms with Crippen molar-refractivity contribution < 1.29 is 4.74 Å². The van der Waals surface area contributed by atoms with Crippen LogP contribution < -0.4 is 5.32 Å². The third kappa shape index (κ3) is 2.47. The summed E-state index contributed by atoms with van der Waals surface area (Å²) in [7, 11) is 0. The van der Waals surface area contributed by atoms with Crippen LogP contribution in [0.3, 0.4) is 0 Å². The van der Waals surface area contributed by atoms with Gasteiger partial charge in [-0.2, -0.15) is 0 Å². The van der Waals surface area contributed by atoms with Gasteiger partial charge in [0, 0.05) is 35.1 Å². The minimum Gasteiger partial charge on any atom is -0.380 e. The molecule has 0 amide bonds. The lowest BCUT2D eigenvalue weighted by Crippen LogP contribution is -2.45. The summed E-state index contributed by atoms with van der Waals surface area (Å²) < 4.78 is 6.14. The van der Waals surface area contributed by atoms with E-state index in [0.29, 0.717) is 27.9 Å². The number of halogens is 2. The van der Waals surface area contributed by atoms with Crippen molar-refractivity contribution in [3.63, 3.8) is 0 Å². The number of ether oxygens (including phenoxy) is 1. The van der Waals surface area contributed by atoms with Crippen LogP contribution in [0.2, 0.25) is 10.0 Å². The third-order valence-electron chi connectivity index (χ3n) is 5.01. The average Bonchev–Trinajstić information content (AvgIpc) is 2.55. The molecule has 0 radical (unpaired) electrons. The van der Waals surface area contributed by atoms with Crippen LogP contribution in [-0.4, -0.2) is 12.6 Å². The fourth-order valence-corrected chi connectivity index (χ4v) is 4.59. The van der Waals surface area contributed by atoms with E-state index < -0.39 is 0 Å². The molecule has 1 unspecified atom stereocenters. The van der Waals surface area contributed by atoms with Crippen molar-refractivity contribution in [2.45, 2.75) is 31.4 Å². The summed E-state index contributed by atoms with van der Waals surface area (Å²) in [5.41, 5.74) is 2.12. The van der Waals surface area contributed by atoms with Crippen molar-refractivity contribution in [1.82, 2.24) is 0 Å². The maximum atomic E-state index is 6.45. The molecule has 0 spiro atoms. The Kier molecular flexibility index (Phi) is 3.93. The van der Waals surface area contributed by atoms with Crippen molar-refractivity contribution in [3.05, 3.63) is 52.0 Å². The van der Waals surface area contributed by atoms with E-state index in [1.54, 1.807) is 0 Å². The van der Waals surface area contributed by atoms with E-state index in [1.165, 1.54) is 6.42 Å². The lowest BCUT2D eigenvalue weighted by atomic mass is 9.74. The minimum atomic E-state index is 0.102. The lowest BCUT2D eigenvalue weighted by molar-refractivity contribution is -0.0417. The Morgan fingerprint density at radius 3 is 2.91 bits per heavy atom. The van der Waals surface area contributed by atoms with Crippen molar-refractivity contribution >= 4 is 28.9 Å². The number of fused-ring (bicyclic) bond motifs is 3. The van der Waals surface area contributed by atoms with Gasteiger partial charge >= 0.3 is 0 Å². The van der Waals surface area contributed by atoms with Gasteiger partial charge in [0.25, 0.3) is 0 Å². The summed E-state index contributed by atoms with van der Waals surface area (Å²) in [6.45, 7) is 0.817. The van der Waals surface area contributed by atoms with Gasteiger partial charge in [0.2, 0.25) is 0 Å². The van der Waals surface area contributed by atoms with E-state index >= 15 is 0 Å². The van der Waals surface area contributed by atoms with Crippen LogP contribution in [0.4, 0.5) is 5.69 Å². The molecule has 1 aromatic rings. The van der Waals surface area contributed by atoms with Crippen molar-refractivity contribution in [2.24, 2.45) is 11.8 Å². The first-order valence-electron chi connectivity index (χ1n) is 7.94. The molecular formula is C18H19Cl2NO. The van der Waals surface area contributed by atoms with Crippen molar-refractivity contribution in [3.8, 4) is 0 Å². The zero-order chi connectivity index (χ0) is 15.1. The highest BCUT2D eigenvalue weighted by molar-refractivity contribution is 6.36. The Hall–Kier alpha value is -0.960. The van der Waals surface area contributed by atoms with E-state index in [4.69, 9.17) is 27.9 Å². The van der Waals surface area contributed by atoms with E-state index in [1.807, 2.05) is 12.1 Å². The van der Waals surface area contributed by atoms with Gasteiger partial charge in [0.15, 0.2) is 0 Å². The topological polar surface area (TPSA) is 21.3 Å². The molecule has 2 aliphatic heterocycles. The van der Waals surface area contributed by atoms with Gasteiger partial charge in [-0.05, 0) is 31.4 Å². The smallest absolute Gasteiger partial charge is 0.0893 e. The van der Waals surface area contributed by atoms with Crippen LogP contribution in [0, 0.1) is 11.8 Å². The molecule has 4 heteroatoms. The maximum Gasteiger partial charge on any atom is 0.0893 e. The number of nitrogens with one attached hydrogen (secondary N) is 1. The molecule has 3 aliphatic rings. The molecule has 1 N–H and O–H groups in total. The first-order chi connectivity index (χ1) is 10.7. The third-order valence-corrected chi connectivity index (χ3v) is 5.52. The SMILES string of the molecule is Clc1cc(Cl)c2c(c1)[C@H]1OCCC[C@H]1[C@H](C1C=CC=CC1)N2. The molecular weight excluding hydrogens is 317 g/mol. The summed E-state index contributed by atoms with van der Waals surface area (Å²) >= 11 is 12.7. The van der Waals surface area contributed by atoms with Crippen molar-refractivity contribution in [1.29, 1.82) is 0 Å². The van der Waals surface area contributed by atoms with Crippen molar-refractivity contribution in [2.75, 3.05) is 11.9 Å². The number of anilines is 1. The number of allylic oxidation sites excluding steroid dienone is 3. The predicted octanol–water partition coefficient (Wildman–Crippen LogP) is 5.39. The number of hydrogen-bond donors (Lipinski definition) is 1. The second kappa shape index (κ2) is 5.92. The Morgan fingerprint density at radius 1 is 1.18 bits per heavy atom. The molecule has 1 aromatic carbocycles. The lowest BCUT2D eigenvalue weighted by Gasteiger charge is -2.46. The van der Waals surface area contributed by atoms with E-state index in [2.05, 4.69) is 29.6 Å². The van der Waals surface area contributed by atoms with Gasteiger partial charge in [-0.3, -0.25) is 0 Å². The highest BCUT2D eigenvalue weighted by Crippen LogP contribution is 2.49. The fraction of sp³-hybridized carbons (Fsp3) is 0.444. The highest BCUT2D eigenvalue weighted by atomic mass is 35.5. The van der Waals surface area contributed by atoms with Gasteiger partial charge < -0.3 is 10.1 Å². The molecule has 0 aromatic heterocycles. The normalized spacial score (nSPS) is 33.0. The predicted molar refractivity (Wildman–Crippen MR) is 91.7 cm³/mol. The molecule has 1 aliphatic carbocycles. The second-order valence-corrected chi connectivity index (χ2v) is 7.18. The Labute approximate surface area is 141 Å². The molecule has 22 heavy (non-hydrogen) atoms. The Bertz CT molecular complexity index is 640. The van der Waals surface area contributed by atoms with Crippen LogP contribution in [-0.2, 0) is 4.74 Å². The summed E-state index contributed by atoms with van der Waals surface area (Å²) in [6, 6.07) is 4.18. The summed E-state index contributed by atoms with van der Waals surface area (Å²) in [5, 5.41) is 5.07. The molecule has 2 heterocycles. The molecule has 4 atom stereocenters. The largest absolute Gasteiger partial charge is 0.380 e. The number of hydrogen-bond acceptors (Lipinski definition) is 2. The molecule has 2 nitrogen and oxygen atoms in total.